The molecule has 1 N–H and O–H groups in total. The maximum Gasteiger partial charge on any atom is 0.257 e. The summed E-state index contributed by atoms with van der Waals surface area (Å²) in [5, 5.41) is 2.84. The number of hydrogen-bond donors (Lipinski definition) is 1. The van der Waals surface area contributed by atoms with Crippen LogP contribution < -0.4 is 19.7 Å². The molecule has 28 heavy (non-hydrogen) atoms. The van der Waals surface area contributed by atoms with Crippen molar-refractivity contribution in [2.75, 3.05) is 31.5 Å². The van der Waals surface area contributed by atoms with Crippen LogP contribution in [-0.4, -0.2) is 32.2 Å². The summed E-state index contributed by atoms with van der Waals surface area (Å²) < 4.78 is 10.5. The van der Waals surface area contributed by atoms with E-state index in [0.29, 0.717) is 22.7 Å². The van der Waals surface area contributed by atoms with Crippen molar-refractivity contribution in [3.05, 3.63) is 78.0 Å². The molecule has 0 unspecified atom stereocenters. The number of benzene rings is 2. The highest BCUT2D eigenvalue weighted by atomic mass is 16.5. The third kappa shape index (κ3) is 4.59. The zero-order valence-corrected chi connectivity index (χ0v) is 16.2. The third-order valence-electron chi connectivity index (χ3n) is 4.31. The van der Waals surface area contributed by atoms with E-state index >= 15 is 0 Å². The van der Waals surface area contributed by atoms with E-state index in [9.17, 15) is 4.79 Å². The van der Waals surface area contributed by atoms with Crippen LogP contribution in [0, 0.1) is 0 Å². The molecular formula is C22H23N3O3. The summed E-state index contributed by atoms with van der Waals surface area (Å²) in [6.07, 6.45) is 1.58. The lowest BCUT2D eigenvalue weighted by atomic mass is 10.2. The molecule has 0 spiro atoms. The van der Waals surface area contributed by atoms with Gasteiger partial charge in [0.2, 0.25) is 0 Å². The summed E-state index contributed by atoms with van der Waals surface area (Å²) in [5.41, 5.74) is 2.29. The highest BCUT2D eigenvalue weighted by molar-refractivity contribution is 6.04. The average molecular weight is 377 g/mol. The topological polar surface area (TPSA) is 63.7 Å². The Morgan fingerprint density at radius 3 is 2.39 bits per heavy atom. The molecule has 3 aromatic rings. The van der Waals surface area contributed by atoms with Crippen LogP contribution in [0.5, 0.6) is 11.5 Å². The number of nitrogens with one attached hydrogen (secondary N) is 1. The SMILES string of the molecule is COc1ccc(NC(=O)c2ccc(N(C)Cc3ccccc3)nc2)cc1OC. The van der Waals surface area contributed by atoms with Gasteiger partial charge in [-0.25, -0.2) is 4.98 Å². The Morgan fingerprint density at radius 2 is 1.75 bits per heavy atom. The first-order valence-corrected chi connectivity index (χ1v) is 8.85. The van der Waals surface area contributed by atoms with Crippen LogP contribution in [0.1, 0.15) is 15.9 Å². The van der Waals surface area contributed by atoms with Gasteiger partial charge in [0.1, 0.15) is 5.82 Å². The first-order chi connectivity index (χ1) is 13.6. The molecule has 0 bridgehead atoms. The number of nitrogens with zero attached hydrogens (tertiary/aromatic N) is 2. The fourth-order valence-corrected chi connectivity index (χ4v) is 2.80. The van der Waals surface area contributed by atoms with Crippen LogP contribution >= 0.6 is 0 Å². The van der Waals surface area contributed by atoms with E-state index in [1.165, 1.54) is 5.56 Å². The number of aromatic nitrogens is 1. The molecule has 0 aliphatic carbocycles. The van der Waals surface area contributed by atoms with Gasteiger partial charge in [-0.15, -0.1) is 0 Å². The number of carbonyl (C=O) groups is 1. The second-order valence-electron chi connectivity index (χ2n) is 6.27. The number of carbonyl (C=O) groups excluding carboxylic acids is 1. The molecule has 0 atom stereocenters. The van der Waals surface area contributed by atoms with E-state index in [4.69, 9.17) is 9.47 Å². The molecular weight excluding hydrogens is 354 g/mol. The van der Waals surface area contributed by atoms with Crippen molar-refractivity contribution in [3.63, 3.8) is 0 Å². The van der Waals surface area contributed by atoms with Gasteiger partial charge in [-0.1, -0.05) is 30.3 Å². The van der Waals surface area contributed by atoms with Crippen molar-refractivity contribution >= 4 is 17.4 Å². The first kappa shape index (κ1) is 19.2. The van der Waals surface area contributed by atoms with Gasteiger partial charge in [0, 0.05) is 31.5 Å². The van der Waals surface area contributed by atoms with Crippen molar-refractivity contribution < 1.29 is 14.3 Å². The smallest absolute Gasteiger partial charge is 0.257 e. The third-order valence-corrected chi connectivity index (χ3v) is 4.31. The summed E-state index contributed by atoms with van der Waals surface area (Å²) >= 11 is 0. The average Bonchev–Trinajstić information content (AvgIpc) is 2.74. The van der Waals surface area contributed by atoms with E-state index in [0.717, 1.165) is 12.4 Å². The van der Waals surface area contributed by atoms with Gasteiger partial charge >= 0.3 is 0 Å². The fraction of sp³-hybridized carbons (Fsp3) is 0.182. The zero-order chi connectivity index (χ0) is 19.9. The lowest BCUT2D eigenvalue weighted by Gasteiger charge is -2.18. The van der Waals surface area contributed by atoms with Crippen LogP contribution in [0.4, 0.5) is 11.5 Å². The number of hydrogen-bond acceptors (Lipinski definition) is 5. The zero-order valence-electron chi connectivity index (χ0n) is 16.2. The van der Waals surface area contributed by atoms with Crippen LogP contribution in [0.3, 0.4) is 0 Å². The maximum atomic E-state index is 12.5. The predicted octanol–water partition coefficient (Wildman–Crippen LogP) is 3.99. The molecule has 144 valence electrons. The Bertz CT molecular complexity index is 928. The van der Waals surface area contributed by atoms with Crippen molar-refractivity contribution in [1.82, 2.24) is 4.98 Å². The summed E-state index contributed by atoms with van der Waals surface area (Å²) in [5.74, 6) is 1.72. The van der Waals surface area contributed by atoms with Gasteiger partial charge in [-0.3, -0.25) is 4.79 Å². The Labute approximate surface area is 164 Å². The monoisotopic (exact) mass is 377 g/mol. The van der Waals surface area contributed by atoms with Gasteiger partial charge in [0.05, 0.1) is 19.8 Å². The first-order valence-electron chi connectivity index (χ1n) is 8.85. The summed E-state index contributed by atoms with van der Waals surface area (Å²) in [6.45, 7) is 0.741. The highest BCUT2D eigenvalue weighted by Gasteiger charge is 2.11. The van der Waals surface area contributed by atoms with Crippen LogP contribution in [-0.2, 0) is 6.54 Å². The van der Waals surface area contributed by atoms with E-state index in [1.807, 2.05) is 36.2 Å². The van der Waals surface area contributed by atoms with Crippen molar-refractivity contribution in [1.29, 1.82) is 0 Å². The van der Waals surface area contributed by atoms with Gasteiger partial charge in [0.25, 0.3) is 5.91 Å². The molecule has 1 heterocycles. The number of pyridine rings is 1. The summed E-state index contributed by atoms with van der Waals surface area (Å²) in [4.78, 5) is 19.0. The van der Waals surface area contributed by atoms with E-state index in [-0.39, 0.29) is 5.91 Å². The van der Waals surface area contributed by atoms with E-state index < -0.39 is 0 Å². The molecule has 0 saturated carbocycles. The molecule has 0 saturated heterocycles. The molecule has 1 aromatic heterocycles. The normalized spacial score (nSPS) is 10.2. The Kier molecular flexibility index (Phi) is 6.11. The summed E-state index contributed by atoms with van der Waals surface area (Å²) in [7, 11) is 5.09. The van der Waals surface area contributed by atoms with Crippen molar-refractivity contribution in [3.8, 4) is 11.5 Å². The molecule has 0 fully saturated rings. The highest BCUT2D eigenvalue weighted by Crippen LogP contribution is 2.29. The number of anilines is 2. The Morgan fingerprint density at radius 1 is 1.00 bits per heavy atom. The minimum Gasteiger partial charge on any atom is -0.493 e. The second kappa shape index (κ2) is 8.90. The number of rotatable bonds is 7. The Balaban J connectivity index is 1.66. The minimum atomic E-state index is -0.239. The quantitative estimate of drug-likeness (QED) is 0.675. The number of amides is 1. The van der Waals surface area contributed by atoms with Gasteiger partial charge in [-0.05, 0) is 29.8 Å². The molecule has 2 aromatic carbocycles. The van der Waals surface area contributed by atoms with Crippen LogP contribution in [0.25, 0.3) is 0 Å². The largest absolute Gasteiger partial charge is 0.493 e. The lowest BCUT2D eigenvalue weighted by molar-refractivity contribution is 0.102. The summed E-state index contributed by atoms with van der Waals surface area (Å²) in [6, 6.07) is 19.0. The van der Waals surface area contributed by atoms with Crippen molar-refractivity contribution in [2.45, 2.75) is 6.54 Å². The molecule has 0 radical (unpaired) electrons. The Hall–Kier alpha value is -3.54. The van der Waals surface area contributed by atoms with E-state index in [2.05, 4.69) is 22.4 Å². The molecule has 3 rings (SSSR count). The molecule has 6 heteroatoms. The van der Waals surface area contributed by atoms with Gasteiger partial charge < -0.3 is 19.7 Å². The standard InChI is InChI=1S/C22H23N3O3/c1-25(15-16-7-5-4-6-8-16)21-12-9-17(14-23-21)22(26)24-18-10-11-19(27-2)20(13-18)28-3/h4-14H,15H2,1-3H3,(H,24,26). The van der Waals surface area contributed by atoms with Crippen LogP contribution in [0.15, 0.2) is 66.9 Å². The molecule has 6 nitrogen and oxygen atoms in total. The predicted molar refractivity (Wildman–Crippen MR) is 110 cm³/mol. The lowest BCUT2D eigenvalue weighted by Crippen LogP contribution is -2.18. The van der Waals surface area contributed by atoms with Gasteiger partial charge in [0.15, 0.2) is 11.5 Å². The molecule has 0 aliphatic rings. The van der Waals surface area contributed by atoms with Gasteiger partial charge in [-0.2, -0.15) is 0 Å². The second-order valence-corrected chi connectivity index (χ2v) is 6.27. The fourth-order valence-electron chi connectivity index (χ4n) is 2.80. The van der Waals surface area contributed by atoms with E-state index in [1.54, 1.807) is 44.7 Å². The number of ether oxygens (including phenoxy) is 2. The minimum absolute atomic E-state index is 0.239. The number of methoxy groups -OCH3 is 2. The van der Waals surface area contributed by atoms with Crippen LogP contribution in [0.2, 0.25) is 0 Å². The van der Waals surface area contributed by atoms with Crippen molar-refractivity contribution in [2.24, 2.45) is 0 Å². The molecule has 1 amide bonds. The maximum absolute atomic E-state index is 12.5. The molecule has 0 aliphatic heterocycles.